The minimum atomic E-state index is -4.53. The Labute approximate surface area is 103 Å². The Hall–Kier alpha value is -0.810. The molecular weight excluding hydrogens is 258 g/mol. The molecule has 0 saturated carbocycles. The van der Waals surface area contributed by atoms with E-state index < -0.39 is 23.1 Å². The molecule has 1 aromatic rings. The van der Waals surface area contributed by atoms with Crippen molar-refractivity contribution in [2.24, 2.45) is 5.73 Å². The molecule has 0 bridgehead atoms. The minimum absolute atomic E-state index is 0. The summed E-state index contributed by atoms with van der Waals surface area (Å²) in [4.78, 5) is 0. The first-order chi connectivity index (χ1) is 7.18. The van der Waals surface area contributed by atoms with Gasteiger partial charge in [-0.1, -0.05) is 13.0 Å². The van der Waals surface area contributed by atoms with Gasteiger partial charge in [0, 0.05) is 11.1 Å². The lowest BCUT2D eigenvalue weighted by Gasteiger charge is -2.24. The zero-order chi connectivity index (χ0) is 12.6. The van der Waals surface area contributed by atoms with Gasteiger partial charge in [0.25, 0.3) is 0 Å². The maximum Gasteiger partial charge on any atom is 0.416 e. The quantitative estimate of drug-likeness (QED) is 0.813. The predicted octanol–water partition coefficient (Wildman–Crippen LogP) is 3.85. The third-order valence-corrected chi connectivity index (χ3v) is 2.65. The van der Waals surface area contributed by atoms with Crippen molar-refractivity contribution in [1.82, 2.24) is 0 Å². The maximum absolute atomic E-state index is 13.5. The van der Waals surface area contributed by atoms with Gasteiger partial charge in [-0.05, 0) is 25.5 Å². The summed E-state index contributed by atoms with van der Waals surface area (Å²) in [6, 6.07) is 2.43. The van der Waals surface area contributed by atoms with Crippen LogP contribution in [0.25, 0.3) is 0 Å². The number of benzene rings is 1. The molecule has 0 fully saturated rings. The monoisotopic (exact) mass is 271 g/mol. The molecule has 0 aliphatic carbocycles. The smallest absolute Gasteiger partial charge is 0.322 e. The Balaban J connectivity index is 0.00000256. The summed E-state index contributed by atoms with van der Waals surface area (Å²) < 4.78 is 50.3. The topological polar surface area (TPSA) is 26.0 Å². The average Bonchev–Trinajstić information content (AvgIpc) is 2.16. The van der Waals surface area contributed by atoms with Crippen LogP contribution in [-0.2, 0) is 11.7 Å². The van der Waals surface area contributed by atoms with Crippen molar-refractivity contribution in [3.05, 3.63) is 35.1 Å². The standard InChI is InChI=1S/C11H13F4N.ClH/c1-3-10(2,16)8-5-4-7(6-9(8)12)11(13,14)15;/h4-6H,3,16H2,1-2H3;1H. The number of rotatable bonds is 2. The van der Waals surface area contributed by atoms with Crippen LogP contribution >= 0.6 is 12.4 Å². The van der Waals surface area contributed by atoms with Crippen LogP contribution < -0.4 is 5.73 Å². The second-order valence-corrected chi connectivity index (χ2v) is 3.96. The van der Waals surface area contributed by atoms with Crippen LogP contribution in [0.3, 0.4) is 0 Å². The summed E-state index contributed by atoms with van der Waals surface area (Å²) in [7, 11) is 0. The van der Waals surface area contributed by atoms with Crippen LogP contribution in [0.5, 0.6) is 0 Å². The van der Waals surface area contributed by atoms with Crippen LogP contribution in [0.1, 0.15) is 31.4 Å². The van der Waals surface area contributed by atoms with Gasteiger partial charge < -0.3 is 5.73 Å². The summed E-state index contributed by atoms with van der Waals surface area (Å²) in [5, 5.41) is 0. The molecule has 1 atom stereocenters. The molecule has 1 rings (SSSR count). The molecule has 0 aliphatic heterocycles. The number of halogens is 5. The number of hydrogen-bond acceptors (Lipinski definition) is 1. The second-order valence-electron chi connectivity index (χ2n) is 3.96. The molecule has 0 spiro atoms. The molecule has 0 radical (unpaired) electrons. The van der Waals surface area contributed by atoms with Crippen molar-refractivity contribution in [2.45, 2.75) is 32.0 Å². The first-order valence-corrected chi connectivity index (χ1v) is 4.84. The highest BCUT2D eigenvalue weighted by atomic mass is 35.5. The van der Waals surface area contributed by atoms with Crippen LogP contribution in [0, 0.1) is 5.82 Å². The van der Waals surface area contributed by atoms with Crippen molar-refractivity contribution in [3.8, 4) is 0 Å². The number of hydrogen-bond donors (Lipinski definition) is 1. The minimum Gasteiger partial charge on any atom is -0.322 e. The summed E-state index contributed by atoms with van der Waals surface area (Å²) in [6.07, 6.45) is -4.09. The fourth-order valence-electron chi connectivity index (χ4n) is 1.35. The average molecular weight is 272 g/mol. The van der Waals surface area contributed by atoms with Gasteiger partial charge in [-0.25, -0.2) is 4.39 Å². The fraction of sp³-hybridized carbons (Fsp3) is 0.455. The van der Waals surface area contributed by atoms with E-state index >= 15 is 0 Å². The highest BCUT2D eigenvalue weighted by molar-refractivity contribution is 5.85. The normalized spacial score (nSPS) is 15.0. The van der Waals surface area contributed by atoms with E-state index in [4.69, 9.17) is 5.73 Å². The van der Waals surface area contributed by atoms with E-state index in [9.17, 15) is 17.6 Å². The van der Waals surface area contributed by atoms with Crippen molar-refractivity contribution in [2.75, 3.05) is 0 Å². The molecular formula is C11H14ClF4N. The molecule has 2 N–H and O–H groups in total. The summed E-state index contributed by atoms with van der Waals surface area (Å²) >= 11 is 0. The summed E-state index contributed by atoms with van der Waals surface area (Å²) in [6.45, 7) is 3.33. The van der Waals surface area contributed by atoms with E-state index in [1.54, 1.807) is 13.8 Å². The van der Waals surface area contributed by atoms with Crippen LogP contribution in [0.2, 0.25) is 0 Å². The summed E-state index contributed by atoms with van der Waals surface area (Å²) in [5.74, 6) is -0.915. The van der Waals surface area contributed by atoms with Crippen LogP contribution in [-0.4, -0.2) is 0 Å². The second kappa shape index (κ2) is 5.23. The molecule has 0 amide bonds. The summed E-state index contributed by atoms with van der Waals surface area (Å²) in [5.41, 5.74) is 3.93. The molecule has 0 aliphatic rings. The molecule has 1 aromatic carbocycles. The van der Waals surface area contributed by atoms with Gasteiger partial charge in [-0.2, -0.15) is 13.2 Å². The van der Waals surface area contributed by atoms with E-state index in [1.807, 2.05) is 0 Å². The van der Waals surface area contributed by atoms with Gasteiger partial charge in [0.2, 0.25) is 0 Å². The van der Waals surface area contributed by atoms with Gasteiger partial charge >= 0.3 is 6.18 Å². The van der Waals surface area contributed by atoms with Crippen molar-refractivity contribution >= 4 is 12.4 Å². The molecule has 6 heteroatoms. The van der Waals surface area contributed by atoms with E-state index in [1.165, 1.54) is 0 Å². The van der Waals surface area contributed by atoms with Gasteiger partial charge in [-0.15, -0.1) is 12.4 Å². The zero-order valence-electron chi connectivity index (χ0n) is 9.44. The Morgan fingerprint density at radius 3 is 2.12 bits per heavy atom. The SMILES string of the molecule is CCC(C)(N)c1ccc(C(F)(F)F)cc1F.Cl. The molecule has 0 heterocycles. The van der Waals surface area contributed by atoms with Crippen molar-refractivity contribution in [1.29, 1.82) is 0 Å². The van der Waals surface area contributed by atoms with E-state index in [0.29, 0.717) is 12.5 Å². The Bertz CT molecular complexity index is 388. The largest absolute Gasteiger partial charge is 0.416 e. The lowest BCUT2D eigenvalue weighted by atomic mass is 9.89. The number of nitrogens with two attached hydrogens (primary N) is 1. The van der Waals surface area contributed by atoms with E-state index in [0.717, 1.165) is 12.1 Å². The molecule has 1 unspecified atom stereocenters. The van der Waals surface area contributed by atoms with Gasteiger partial charge in [0.1, 0.15) is 5.82 Å². The van der Waals surface area contributed by atoms with Crippen LogP contribution in [0.4, 0.5) is 17.6 Å². The molecule has 98 valence electrons. The Morgan fingerprint density at radius 1 is 1.24 bits per heavy atom. The van der Waals surface area contributed by atoms with Crippen molar-refractivity contribution in [3.63, 3.8) is 0 Å². The zero-order valence-corrected chi connectivity index (χ0v) is 10.3. The molecule has 0 aromatic heterocycles. The van der Waals surface area contributed by atoms with E-state index in [2.05, 4.69) is 0 Å². The Kier molecular flexibility index (Phi) is 4.98. The van der Waals surface area contributed by atoms with Crippen molar-refractivity contribution < 1.29 is 17.6 Å². The predicted molar refractivity (Wildman–Crippen MR) is 60.5 cm³/mol. The van der Waals surface area contributed by atoms with E-state index in [-0.39, 0.29) is 18.0 Å². The fourth-order valence-corrected chi connectivity index (χ4v) is 1.35. The first-order valence-electron chi connectivity index (χ1n) is 4.84. The highest BCUT2D eigenvalue weighted by Crippen LogP contribution is 2.32. The van der Waals surface area contributed by atoms with Gasteiger partial charge in [-0.3, -0.25) is 0 Å². The lowest BCUT2D eigenvalue weighted by molar-refractivity contribution is -0.137. The number of alkyl halides is 3. The third kappa shape index (κ3) is 3.57. The lowest BCUT2D eigenvalue weighted by Crippen LogP contribution is -2.33. The molecule has 1 nitrogen and oxygen atoms in total. The van der Waals surface area contributed by atoms with Crippen LogP contribution in [0.15, 0.2) is 18.2 Å². The molecule has 0 saturated heterocycles. The third-order valence-electron chi connectivity index (χ3n) is 2.65. The first kappa shape index (κ1) is 16.2. The highest BCUT2D eigenvalue weighted by Gasteiger charge is 2.32. The van der Waals surface area contributed by atoms with Gasteiger partial charge in [0.15, 0.2) is 0 Å². The molecule has 17 heavy (non-hydrogen) atoms. The Morgan fingerprint density at radius 2 is 1.76 bits per heavy atom. The van der Waals surface area contributed by atoms with Gasteiger partial charge in [0.05, 0.1) is 5.56 Å². The maximum atomic E-state index is 13.5.